The van der Waals surface area contributed by atoms with Gasteiger partial charge in [0.05, 0.1) is 36.6 Å². The molecule has 1 N–H and O–H groups in total. The van der Waals surface area contributed by atoms with Gasteiger partial charge < -0.3 is 24.4 Å². The van der Waals surface area contributed by atoms with Crippen LogP contribution in [0, 0.1) is 0 Å². The highest BCUT2D eigenvalue weighted by atomic mass is 16.5. The Labute approximate surface area is 212 Å². The Balaban J connectivity index is 1.45. The van der Waals surface area contributed by atoms with Crippen molar-refractivity contribution in [2.75, 3.05) is 33.3 Å². The summed E-state index contributed by atoms with van der Waals surface area (Å²) in [5.74, 6) is -0.203. The van der Waals surface area contributed by atoms with E-state index in [-0.39, 0.29) is 23.9 Å². The number of ether oxygens (including phenoxy) is 1. The van der Waals surface area contributed by atoms with Crippen LogP contribution in [0.15, 0.2) is 66.7 Å². The average Bonchev–Trinajstić information content (AvgIpc) is 3.32. The summed E-state index contributed by atoms with van der Waals surface area (Å²) in [6.07, 6.45) is 0.772. The Bertz CT molecular complexity index is 1210. The van der Waals surface area contributed by atoms with E-state index in [9.17, 15) is 9.59 Å². The Hall–Kier alpha value is -3.42. The first-order chi connectivity index (χ1) is 17.6. The molecule has 2 aliphatic rings. The molecule has 1 aromatic heterocycles. The lowest BCUT2D eigenvalue weighted by Crippen LogP contribution is -2.49. The van der Waals surface area contributed by atoms with Crippen molar-refractivity contribution in [3.63, 3.8) is 0 Å². The quantitative estimate of drug-likeness (QED) is 0.571. The van der Waals surface area contributed by atoms with Gasteiger partial charge in [0, 0.05) is 26.2 Å². The first-order valence-corrected chi connectivity index (χ1v) is 12.8. The van der Waals surface area contributed by atoms with E-state index in [2.05, 4.69) is 36.3 Å². The van der Waals surface area contributed by atoms with Gasteiger partial charge in [-0.2, -0.15) is 0 Å². The molecule has 1 saturated heterocycles. The average molecular weight is 487 g/mol. The van der Waals surface area contributed by atoms with Gasteiger partial charge in [0.1, 0.15) is 5.69 Å². The second-order valence-corrected chi connectivity index (χ2v) is 9.63. The number of nitrogens with zero attached hydrogens (tertiary/aromatic N) is 3. The lowest BCUT2D eigenvalue weighted by atomic mass is 10.0. The number of fused-ring (bicyclic) bond motifs is 1. The molecule has 0 aliphatic carbocycles. The van der Waals surface area contributed by atoms with Crippen molar-refractivity contribution >= 4 is 11.8 Å². The number of carbonyl (C=O) groups is 2. The number of piperazine rings is 1. The van der Waals surface area contributed by atoms with Crippen LogP contribution in [0.3, 0.4) is 0 Å². The van der Waals surface area contributed by atoms with Crippen molar-refractivity contribution in [3.8, 4) is 0 Å². The highest BCUT2D eigenvalue weighted by Crippen LogP contribution is 2.29. The third-order valence-electron chi connectivity index (χ3n) is 7.31. The van der Waals surface area contributed by atoms with Gasteiger partial charge in [-0.1, -0.05) is 67.6 Å². The molecule has 3 aromatic rings. The molecule has 1 unspecified atom stereocenters. The van der Waals surface area contributed by atoms with Crippen LogP contribution in [0.4, 0.5) is 0 Å². The predicted molar refractivity (Wildman–Crippen MR) is 139 cm³/mol. The van der Waals surface area contributed by atoms with Gasteiger partial charge in [0.2, 0.25) is 0 Å². The summed E-state index contributed by atoms with van der Waals surface area (Å²) in [5.41, 5.74) is 4.06. The molecule has 0 saturated carbocycles. The van der Waals surface area contributed by atoms with Gasteiger partial charge in [-0.25, -0.2) is 0 Å². The van der Waals surface area contributed by atoms with E-state index in [1.807, 2.05) is 58.0 Å². The zero-order chi connectivity index (χ0) is 25.1. The predicted octanol–water partition coefficient (Wildman–Crippen LogP) is 4.03. The van der Waals surface area contributed by atoms with Crippen LogP contribution >= 0.6 is 0 Å². The van der Waals surface area contributed by atoms with E-state index < -0.39 is 0 Å². The number of carbonyl (C=O) groups excluding carboxylic acids is 2. The molecule has 1 fully saturated rings. The summed E-state index contributed by atoms with van der Waals surface area (Å²) in [5, 5.41) is 3.18. The van der Waals surface area contributed by atoms with Crippen molar-refractivity contribution in [1.29, 1.82) is 0 Å². The molecule has 36 heavy (non-hydrogen) atoms. The van der Waals surface area contributed by atoms with Crippen LogP contribution in [-0.2, 0) is 17.9 Å². The van der Waals surface area contributed by atoms with Crippen LogP contribution in [0.2, 0.25) is 0 Å². The van der Waals surface area contributed by atoms with Gasteiger partial charge in [0.25, 0.3) is 11.8 Å². The van der Waals surface area contributed by atoms with Gasteiger partial charge in [-0.05, 0) is 30.7 Å². The van der Waals surface area contributed by atoms with Gasteiger partial charge in [-0.3, -0.25) is 9.59 Å². The number of aromatic nitrogens is 1. The molecule has 0 spiro atoms. The van der Waals surface area contributed by atoms with E-state index in [4.69, 9.17) is 4.74 Å². The van der Waals surface area contributed by atoms with Crippen molar-refractivity contribution in [3.05, 3.63) is 94.8 Å². The Kier molecular flexibility index (Phi) is 7.20. The molecule has 188 valence electrons. The number of amides is 2. The number of hydrogen-bond acceptors (Lipinski definition) is 4. The zero-order valence-electron chi connectivity index (χ0n) is 21.0. The molecule has 0 radical (unpaired) electrons. The topological polar surface area (TPSA) is 66.8 Å². The number of nitrogens with one attached hydrogen (secondary N) is 1. The fourth-order valence-electron chi connectivity index (χ4n) is 5.31. The van der Waals surface area contributed by atoms with E-state index in [1.165, 1.54) is 0 Å². The number of hydrogen-bond donors (Lipinski definition) is 1. The van der Waals surface area contributed by atoms with E-state index >= 15 is 0 Å². The highest BCUT2D eigenvalue weighted by molar-refractivity contribution is 6.01. The summed E-state index contributed by atoms with van der Waals surface area (Å²) < 4.78 is 7.70. The van der Waals surface area contributed by atoms with E-state index in [1.54, 1.807) is 6.07 Å². The Morgan fingerprint density at radius 1 is 1.03 bits per heavy atom. The molecule has 7 heteroatoms. The fraction of sp³-hybridized carbons (Fsp3) is 0.379. The van der Waals surface area contributed by atoms with E-state index in [0.717, 1.165) is 36.3 Å². The minimum absolute atomic E-state index is 0.0331. The normalized spacial score (nSPS) is 18.9. The van der Waals surface area contributed by atoms with Crippen molar-refractivity contribution in [2.24, 2.45) is 0 Å². The monoisotopic (exact) mass is 486 g/mol. The third-order valence-corrected chi connectivity index (χ3v) is 7.31. The minimum atomic E-state index is -0.169. The fourth-order valence-corrected chi connectivity index (χ4v) is 5.31. The first kappa shape index (κ1) is 24.3. The van der Waals surface area contributed by atoms with Crippen LogP contribution in [0.5, 0.6) is 0 Å². The maximum absolute atomic E-state index is 14.0. The largest absolute Gasteiger partial charge is 0.373 e. The number of likely N-dealkylation sites (N-methyl/N-ethyl adjacent to an activating group) is 1. The van der Waals surface area contributed by atoms with Crippen LogP contribution < -0.4 is 5.32 Å². The summed E-state index contributed by atoms with van der Waals surface area (Å²) in [6.45, 7) is 5.69. The summed E-state index contributed by atoms with van der Waals surface area (Å²) >= 11 is 0. The molecular formula is C29H34N4O3. The maximum atomic E-state index is 14.0. The van der Waals surface area contributed by atoms with Gasteiger partial charge >= 0.3 is 0 Å². The lowest BCUT2D eigenvalue weighted by molar-refractivity contribution is 0.0469. The molecule has 3 heterocycles. The summed E-state index contributed by atoms with van der Waals surface area (Å²) in [7, 11) is 2.09. The third kappa shape index (κ3) is 4.81. The molecular weight excluding hydrogens is 452 g/mol. The number of rotatable bonds is 6. The van der Waals surface area contributed by atoms with Crippen LogP contribution in [-0.4, -0.2) is 59.5 Å². The molecule has 5 rings (SSSR count). The van der Waals surface area contributed by atoms with Gasteiger partial charge in [0.15, 0.2) is 0 Å². The lowest BCUT2D eigenvalue weighted by Gasteiger charge is -2.40. The molecule has 7 nitrogen and oxygen atoms in total. The maximum Gasteiger partial charge on any atom is 0.271 e. The van der Waals surface area contributed by atoms with Gasteiger partial charge in [-0.15, -0.1) is 0 Å². The second-order valence-electron chi connectivity index (χ2n) is 9.63. The highest BCUT2D eigenvalue weighted by Gasteiger charge is 2.34. The van der Waals surface area contributed by atoms with Crippen molar-refractivity contribution in [1.82, 2.24) is 19.7 Å². The SMILES string of the molecule is CC[C@@H](NC(=O)c1cc(C(=O)N2CCN(C)CC2c2ccccc2)n2c1COCC2)c1ccccc1. The first-order valence-electron chi connectivity index (χ1n) is 12.8. The van der Waals surface area contributed by atoms with Crippen molar-refractivity contribution < 1.29 is 14.3 Å². The van der Waals surface area contributed by atoms with E-state index in [0.29, 0.717) is 37.6 Å². The summed E-state index contributed by atoms with van der Waals surface area (Å²) in [6, 6.07) is 21.8. The second kappa shape index (κ2) is 10.7. The minimum Gasteiger partial charge on any atom is -0.373 e. The smallest absolute Gasteiger partial charge is 0.271 e. The van der Waals surface area contributed by atoms with Crippen LogP contribution in [0.25, 0.3) is 0 Å². The van der Waals surface area contributed by atoms with Crippen LogP contribution in [0.1, 0.15) is 63.1 Å². The molecule has 2 aromatic carbocycles. The number of benzene rings is 2. The van der Waals surface area contributed by atoms with Crippen molar-refractivity contribution in [2.45, 2.75) is 38.6 Å². The molecule has 2 atom stereocenters. The standard InChI is InChI=1S/C29H34N4O3/c1-3-24(21-10-6-4-7-11-21)30-28(34)23-18-25(32-16-17-36-20-27(23)32)29(35)33-15-14-31(2)19-26(33)22-12-8-5-9-13-22/h4-13,18,24,26H,3,14-17,19-20H2,1-2H3,(H,30,34)/t24-,26?/m1/s1. The Morgan fingerprint density at radius 2 is 1.75 bits per heavy atom. The zero-order valence-corrected chi connectivity index (χ0v) is 21.0. The molecule has 0 bridgehead atoms. The summed E-state index contributed by atoms with van der Waals surface area (Å²) in [4.78, 5) is 31.7. The molecule has 2 aliphatic heterocycles. The molecule has 2 amide bonds. The Morgan fingerprint density at radius 3 is 2.47 bits per heavy atom.